The fourth-order valence-electron chi connectivity index (χ4n) is 1.36. The third kappa shape index (κ3) is 15.9. The molecule has 0 rings (SSSR count). The van der Waals surface area contributed by atoms with Crippen LogP contribution in [0.2, 0.25) is 0 Å². The molecule has 0 atom stereocenters. The lowest BCUT2D eigenvalue weighted by Gasteiger charge is -2.21. The molecule has 0 spiro atoms. The van der Waals surface area contributed by atoms with Crippen LogP contribution >= 0.6 is 17.2 Å². The minimum absolute atomic E-state index is 0.654. The van der Waals surface area contributed by atoms with E-state index in [1.807, 2.05) is 0 Å². The van der Waals surface area contributed by atoms with E-state index < -0.39 is 17.2 Å². The molecule has 0 aliphatic heterocycles. The second kappa shape index (κ2) is 19.0. The van der Waals surface area contributed by atoms with Gasteiger partial charge in [0.2, 0.25) is 0 Å². The minimum atomic E-state index is -1.39. The van der Waals surface area contributed by atoms with E-state index in [1.165, 1.54) is 0 Å². The maximum absolute atomic E-state index is 5.88. The van der Waals surface area contributed by atoms with Gasteiger partial charge in [0.25, 0.3) is 0 Å². The molecule has 0 aliphatic rings. The summed E-state index contributed by atoms with van der Waals surface area (Å²) >= 11 is 0. The first-order valence-electron chi connectivity index (χ1n) is 9.08. The molecule has 7 heteroatoms. The van der Waals surface area contributed by atoms with Gasteiger partial charge in [0, 0.05) is 0 Å². The molecule has 0 fully saturated rings. The molecule has 0 bridgehead atoms. The van der Waals surface area contributed by atoms with E-state index in [4.69, 9.17) is 22.4 Å². The van der Waals surface area contributed by atoms with Crippen LogP contribution < -0.4 is 0 Å². The van der Waals surface area contributed by atoms with Gasteiger partial charge in [0.05, 0.1) is 26.4 Å². The average Bonchev–Trinajstić information content (AvgIpc) is 2.55. The van der Waals surface area contributed by atoms with Crippen molar-refractivity contribution in [2.24, 2.45) is 0 Å². The molecule has 0 saturated carbocycles. The summed E-state index contributed by atoms with van der Waals surface area (Å²) in [4.78, 5) is 0. The smallest absolute Gasteiger partial charge is 0.312 e. The Morgan fingerprint density at radius 2 is 0.739 bits per heavy atom. The average molecular weight is 370 g/mol. The Morgan fingerprint density at radius 3 is 0.957 bits per heavy atom. The first-order chi connectivity index (χ1) is 11.3. The van der Waals surface area contributed by atoms with Gasteiger partial charge in [-0.05, 0) is 25.7 Å². The van der Waals surface area contributed by atoms with Crippen molar-refractivity contribution in [3.63, 3.8) is 0 Å². The van der Waals surface area contributed by atoms with Crippen LogP contribution in [0.5, 0.6) is 0 Å². The fourth-order valence-corrected chi connectivity index (χ4v) is 3.81. The van der Waals surface area contributed by atoms with Gasteiger partial charge in [-0.15, -0.1) is 0 Å². The topological polar surface area (TPSA) is 46.2 Å². The van der Waals surface area contributed by atoms with E-state index in [-0.39, 0.29) is 0 Å². The van der Waals surface area contributed by atoms with Crippen LogP contribution in [0, 0.1) is 0 Å². The van der Waals surface area contributed by atoms with E-state index >= 15 is 0 Å². The molecule has 0 aromatic rings. The van der Waals surface area contributed by atoms with Gasteiger partial charge in [-0.3, -0.25) is 0 Å². The Labute approximate surface area is 145 Å². The number of unbranched alkanes of at least 4 members (excludes halogenated alkanes) is 4. The summed E-state index contributed by atoms with van der Waals surface area (Å²) in [6.07, 6.45) is 8.38. The molecule has 140 valence electrons. The molecule has 0 saturated heterocycles. The Morgan fingerprint density at radius 1 is 0.478 bits per heavy atom. The molecular weight excluding hydrogens is 334 g/mol. The first kappa shape index (κ1) is 23.7. The predicted octanol–water partition coefficient (Wildman–Crippen LogP) is 6.72. The predicted molar refractivity (Wildman–Crippen MR) is 98.4 cm³/mol. The van der Waals surface area contributed by atoms with Crippen molar-refractivity contribution in [2.75, 3.05) is 26.4 Å². The lowest BCUT2D eigenvalue weighted by Crippen LogP contribution is -2.01. The zero-order chi connectivity index (χ0) is 17.2. The molecule has 0 heterocycles. The summed E-state index contributed by atoms with van der Waals surface area (Å²) in [7, 11) is -2.77. The van der Waals surface area contributed by atoms with Crippen molar-refractivity contribution < 1.29 is 22.4 Å². The van der Waals surface area contributed by atoms with Gasteiger partial charge in [-0.25, -0.2) is 4.31 Å². The van der Waals surface area contributed by atoms with Crippen LogP contribution in [0.25, 0.3) is 0 Å². The Hall–Kier alpha value is 0.660. The van der Waals surface area contributed by atoms with Crippen molar-refractivity contribution in [3.8, 4) is 0 Å². The zero-order valence-corrected chi connectivity index (χ0v) is 17.2. The molecule has 5 nitrogen and oxygen atoms in total. The van der Waals surface area contributed by atoms with Gasteiger partial charge in [0.1, 0.15) is 0 Å². The Kier molecular flexibility index (Phi) is 19.5. The third-order valence-corrected chi connectivity index (χ3v) is 5.55. The molecule has 0 amide bonds. The SMILES string of the molecule is CCCCOP(OCCCC)OP(OCCCC)OCCCC. The van der Waals surface area contributed by atoms with Gasteiger partial charge in [-0.2, -0.15) is 0 Å². The lowest BCUT2D eigenvalue weighted by molar-refractivity contribution is 0.162. The maximum Gasteiger partial charge on any atom is 0.339 e. The van der Waals surface area contributed by atoms with Gasteiger partial charge in [-0.1, -0.05) is 53.4 Å². The third-order valence-electron chi connectivity index (χ3n) is 2.91. The summed E-state index contributed by atoms with van der Waals surface area (Å²) in [6.45, 7) is 11.2. The van der Waals surface area contributed by atoms with Gasteiger partial charge in [0.15, 0.2) is 0 Å². The molecule has 0 unspecified atom stereocenters. The van der Waals surface area contributed by atoms with E-state index in [0.29, 0.717) is 26.4 Å². The second-order valence-electron chi connectivity index (χ2n) is 5.28. The van der Waals surface area contributed by atoms with E-state index in [9.17, 15) is 0 Å². The van der Waals surface area contributed by atoms with Gasteiger partial charge >= 0.3 is 17.2 Å². The number of rotatable bonds is 18. The highest BCUT2D eigenvalue weighted by molar-refractivity contribution is 7.55. The van der Waals surface area contributed by atoms with Gasteiger partial charge < -0.3 is 18.1 Å². The van der Waals surface area contributed by atoms with Crippen molar-refractivity contribution in [1.29, 1.82) is 0 Å². The summed E-state index contributed by atoms with van der Waals surface area (Å²) in [5.41, 5.74) is 0. The Balaban J connectivity index is 4.31. The second-order valence-corrected chi connectivity index (χ2v) is 7.86. The van der Waals surface area contributed by atoms with E-state index in [0.717, 1.165) is 51.4 Å². The van der Waals surface area contributed by atoms with Crippen LogP contribution in [0.1, 0.15) is 79.1 Å². The number of hydrogen-bond acceptors (Lipinski definition) is 5. The summed E-state index contributed by atoms with van der Waals surface area (Å²) in [5.74, 6) is 0. The summed E-state index contributed by atoms with van der Waals surface area (Å²) in [6, 6.07) is 0. The van der Waals surface area contributed by atoms with Crippen LogP contribution in [0.15, 0.2) is 0 Å². The highest BCUT2D eigenvalue weighted by Gasteiger charge is 2.22. The lowest BCUT2D eigenvalue weighted by atomic mass is 10.4. The van der Waals surface area contributed by atoms with E-state index in [2.05, 4.69) is 27.7 Å². The standard InChI is InChI=1S/C16H36O5P2/c1-5-9-13-17-22(18-14-10-6-2)21-23(19-15-11-7-3)20-16-12-8-4/h5-16H2,1-4H3. The van der Waals surface area contributed by atoms with E-state index in [1.54, 1.807) is 0 Å². The largest absolute Gasteiger partial charge is 0.339 e. The highest BCUT2D eigenvalue weighted by Crippen LogP contribution is 2.56. The summed E-state index contributed by atoms with van der Waals surface area (Å²) in [5, 5.41) is 0. The van der Waals surface area contributed by atoms with Crippen molar-refractivity contribution in [2.45, 2.75) is 79.1 Å². The monoisotopic (exact) mass is 370 g/mol. The van der Waals surface area contributed by atoms with Crippen molar-refractivity contribution in [1.82, 2.24) is 0 Å². The van der Waals surface area contributed by atoms with Crippen LogP contribution in [-0.4, -0.2) is 26.4 Å². The molecule has 0 aliphatic carbocycles. The number of hydrogen-bond donors (Lipinski definition) is 0. The van der Waals surface area contributed by atoms with Crippen LogP contribution in [0.3, 0.4) is 0 Å². The quantitative estimate of drug-likeness (QED) is 0.198. The highest BCUT2D eigenvalue weighted by atomic mass is 31.2. The normalized spacial score (nSPS) is 11.7. The molecule has 0 N–H and O–H groups in total. The zero-order valence-electron chi connectivity index (χ0n) is 15.4. The molecule has 0 radical (unpaired) electrons. The summed E-state index contributed by atoms with van der Waals surface area (Å²) < 4.78 is 28.9. The van der Waals surface area contributed by atoms with Crippen molar-refractivity contribution in [3.05, 3.63) is 0 Å². The minimum Gasteiger partial charge on any atom is -0.312 e. The van der Waals surface area contributed by atoms with Crippen molar-refractivity contribution >= 4 is 17.2 Å². The molecular formula is C16H36O5P2. The molecule has 0 aromatic heterocycles. The first-order valence-corrected chi connectivity index (χ1v) is 11.3. The maximum atomic E-state index is 5.88. The van der Waals surface area contributed by atoms with Crippen LogP contribution in [-0.2, 0) is 22.4 Å². The molecule has 0 aromatic carbocycles. The van der Waals surface area contributed by atoms with Crippen LogP contribution in [0.4, 0.5) is 0 Å². The Bertz CT molecular complexity index is 193. The fraction of sp³-hybridized carbons (Fsp3) is 1.00. The molecule has 23 heavy (non-hydrogen) atoms.